The minimum atomic E-state index is -2.47. The van der Waals surface area contributed by atoms with Gasteiger partial charge in [0.05, 0.1) is 6.16 Å². The molecule has 0 bridgehead atoms. The minimum Gasteiger partial charge on any atom is -1.00 e. The number of β-lactam (4-membered cyclic amide) rings is 1. The lowest BCUT2D eigenvalue weighted by molar-refractivity contribution is -0.153. The fraction of sp³-hybridized carbons (Fsp3) is 0.128. The van der Waals surface area contributed by atoms with Crippen LogP contribution in [0.5, 0.6) is 0 Å². The highest BCUT2D eigenvalue weighted by molar-refractivity contribution is 8.00. The maximum atomic E-state index is 15.1. The van der Waals surface area contributed by atoms with Crippen LogP contribution in [-0.4, -0.2) is 46.0 Å². The quantitative estimate of drug-likeness (QED) is 0.0802. The first-order chi connectivity index (χ1) is 27.0. The second-order valence-electron chi connectivity index (χ2n) is 13.6. The molecule has 0 N–H and O–H groups in total. The highest BCUT2D eigenvalue weighted by atomic mass is 127. The first kappa shape index (κ1) is 39.2. The second kappa shape index (κ2) is 17.4. The van der Waals surface area contributed by atoms with Gasteiger partial charge in [-0.3, -0.25) is 19.4 Å². The Hall–Kier alpha value is -5.02. The van der Waals surface area contributed by atoms with Crippen LogP contribution in [0, 0.1) is 0 Å². The van der Waals surface area contributed by atoms with Gasteiger partial charge < -0.3 is 28.7 Å². The number of para-hydroxylation sites is 1. The topological polar surface area (TPSA) is 66.9 Å². The van der Waals surface area contributed by atoms with Crippen molar-refractivity contribution in [2.45, 2.75) is 24.4 Å². The number of amides is 2. The zero-order valence-corrected chi connectivity index (χ0v) is 34.6. The summed E-state index contributed by atoms with van der Waals surface area (Å²) in [5, 5.41) is 3.04. The molecule has 1 fully saturated rings. The molecular formula is C47H40IN2O4PS. The van der Waals surface area contributed by atoms with E-state index in [-0.39, 0.29) is 41.5 Å². The van der Waals surface area contributed by atoms with E-state index in [9.17, 15) is 9.59 Å². The molecule has 2 aliphatic heterocycles. The molecule has 1 unspecified atom stereocenters. The van der Waals surface area contributed by atoms with Gasteiger partial charge in [0, 0.05) is 23.9 Å². The Balaban J connectivity index is 0.00000480. The van der Waals surface area contributed by atoms with Crippen molar-refractivity contribution in [3.8, 4) is 0 Å². The van der Waals surface area contributed by atoms with Crippen molar-refractivity contribution in [3.05, 3.63) is 204 Å². The molecule has 6 aromatic carbocycles. The molecule has 0 aliphatic carbocycles. The maximum absolute atomic E-state index is 15.1. The molecule has 2 amide bonds. The maximum Gasteiger partial charge on any atom is 0.356 e. The Morgan fingerprint density at radius 2 is 1.09 bits per heavy atom. The lowest BCUT2D eigenvalue weighted by atomic mass is 9.99. The first-order valence-electron chi connectivity index (χ1n) is 18.3. The van der Waals surface area contributed by atoms with Crippen LogP contribution in [0.4, 0.5) is 5.69 Å². The number of fused-ring (bicyclic) bond motifs is 1. The number of nitrogens with zero attached hydrogens (tertiary/aromatic N) is 2. The van der Waals surface area contributed by atoms with E-state index in [1.807, 2.05) is 109 Å². The molecule has 0 radical (unpaired) electrons. The molecule has 1 saturated heterocycles. The zero-order valence-electron chi connectivity index (χ0n) is 30.7. The molecule has 0 spiro atoms. The van der Waals surface area contributed by atoms with Gasteiger partial charge in [0.25, 0.3) is 5.91 Å². The third kappa shape index (κ3) is 7.46. The molecule has 6 aromatic rings. The van der Waals surface area contributed by atoms with Gasteiger partial charge in [-0.15, -0.1) is 11.8 Å². The summed E-state index contributed by atoms with van der Waals surface area (Å²) in [4.78, 5) is 46.2. The largest absolute Gasteiger partial charge is 1.00 e. The van der Waals surface area contributed by atoms with Crippen LogP contribution < -0.4 is 44.8 Å². The van der Waals surface area contributed by atoms with E-state index >= 15 is 4.79 Å². The molecule has 2 heterocycles. The molecule has 0 saturated carbocycles. The number of carbonyl (C=O) groups excluding carboxylic acids is 3. The fourth-order valence-corrected chi connectivity index (χ4v) is 13.7. The van der Waals surface area contributed by atoms with E-state index in [1.165, 1.54) is 22.8 Å². The smallest absolute Gasteiger partial charge is 0.356 e. The summed E-state index contributed by atoms with van der Waals surface area (Å²) >= 11 is 1.60. The van der Waals surface area contributed by atoms with Gasteiger partial charge in [-0.2, -0.15) is 0 Å². The SMILES string of the molecule is CC(=O)N(c1ccccc1)C1C(=O)N2C(C(=O)OC(c3ccccc3)c3ccccc3)=C(C[P+](c3ccccc3)(c3ccccc3)c3ccccc3)CS[C@@H]12.[I-]. The van der Waals surface area contributed by atoms with Crippen molar-refractivity contribution in [2.75, 3.05) is 16.8 Å². The van der Waals surface area contributed by atoms with Gasteiger partial charge in [0.1, 0.15) is 40.3 Å². The zero-order chi connectivity index (χ0) is 37.8. The van der Waals surface area contributed by atoms with Crippen molar-refractivity contribution in [1.82, 2.24) is 4.90 Å². The van der Waals surface area contributed by atoms with Crippen LogP contribution in [0.15, 0.2) is 193 Å². The summed E-state index contributed by atoms with van der Waals surface area (Å²) in [7, 11) is -2.47. The summed E-state index contributed by atoms with van der Waals surface area (Å²) in [6.07, 6.45) is -0.195. The molecule has 0 aromatic heterocycles. The van der Waals surface area contributed by atoms with Crippen molar-refractivity contribution in [3.63, 3.8) is 0 Å². The summed E-state index contributed by atoms with van der Waals surface area (Å²) in [6.45, 7) is 1.48. The van der Waals surface area contributed by atoms with Crippen LogP contribution in [-0.2, 0) is 19.1 Å². The summed E-state index contributed by atoms with van der Waals surface area (Å²) in [6, 6.07) is 59.5. The van der Waals surface area contributed by atoms with E-state index in [1.54, 1.807) is 21.6 Å². The van der Waals surface area contributed by atoms with Crippen LogP contribution in [0.3, 0.4) is 0 Å². The average Bonchev–Trinajstić information content (AvgIpc) is 3.25. The summed E-state index contributed by atoms with van der Waals surface area (Å²) < 4.78 is 6.58. The Labute approximate surface area is 349 Å². The van der Waals surface area contributed by atoms with Gasteiger partial charge in [-0.25, -0.2) is 4.79 Å². The molecule has 6 nitrogen and oxygen atoms in total. The predicted molar refractivity (Wildman–Crippen MR) is 224 cm³/mol. The number of esters is 1. The molecule has 2 atom stereocenters. The molecule has 280 valence electrons. The van der Waals surface area contributed by atoms with E-state index in [4.69, 9.17) is 4.74 Å². The Bertz CT molecular complexity index is 2180. The number of halogens is 1. The van der Waals surface area contributed by atoms with Crippen LogP contribution >= 0.6 is 19.0 Å². The molecular weight excluding hydrogens is 846 g/mol. The highest BCUT2D eigenvalue weighted by Gasteiger charge is 2.59. The van der Waals surface area contributed by atoms with E-state index in [0.717, 1.165) is 16.7 Å². The Kier molecular flexibility index (Phi) is 12.2. The number of anilines is 1. The van der Waals surface area contributed by atoms with Crippen molar-refractivity contribution < 1.29 is 43.1 Å². The van der Waals surface area contributed by atoms with Crippen molar-refractivity contribution in [2.24, 2.45) is 0 Å². The van der Waals surface area contributed by atoms with Crippen LogP contribution in [0.1, 0.15) is 24.2 Å². The number of carbonyl (C=O) groups is 3. The third-order valence-electron chi connectivity index (χ3n) is 10.3. The van der Waals surface area contributed by atoms with E-state index < -0.39 is 30.8 Å². The van der Waals surface area contributed by atoms with E-state index in [0.29, 0.717) is 17.6 Å². The molecule has 8 rings (SSSR count). The molecule has 9 heteroatoms. The van der Waals surface area contributed by atoms with Gasteiger partial charge in [0.15, 0.2) is 6.10 Å². The standard InChI is InChI=1S/C47H40N2O4PS.HI/c1-34(50)48(38-24-12-4-13-25-38)43-45(51)49-42(47(52)53-44(35-20-8-2-9-21-35)36-22-10-3-11-23-36)37(33-55-46(43)49)32-54(39-26-14-5-15-27-39,40-28-16-6-17-29-40)41-30-18-7-19-31-41;/h2-31,43-44,46H,32-33H2,1H3;1H/q+1;/p-1/t43?,46-;/m0./s1. The summed E-state index contributed by atoms with van der Waals surface area (Å²) in [5.74, 6) is -0.629. The predicted octanol–water partition coefficient (Wildman–Crippen LogP) is 4.91. The lowest BCUT2D eigenvalue weighted by Crippen LogP contribution is -3.00. The van der Waals surface area contributed by atoms with Gasteiger partial charge in [-0.05, 0) is 59.7 Å². The Morgan fingerprint density at radius 1 is 0.679 bits per heavy atom. The number of hydrogen-bond donors (Lipinski definition) is 0. The van der Waals surface area contributed by atoms with Gasteiger partial charge in [0.2, 0.25) is 5.91 Å². The average molecular weight is 887 g/mol. The first-order valence-corrected chi connectivity index (χ1v) is 21.4. The Morgan fingerprint density at radius 3 is 1.52 bits per heavy atom. The van der Waals surface area contributed by atoms with Crippen molar-refractivity contribution in [1.29, 1.82) is 0 Å². The third-order valence-corrected chi connectivity index (χ3v) is 16.0. The van der Waals surface area contributed by atoms with Gasteiger partial charge >= 0.3 is 5.97 Å². The number of rotatable bonds is 11. The summed E-state index contributed by atoms with van der Waals surface area (Å²) in [5.41, 5.74) is 3.40. The van der Waals surface area contributed by atoms with Gasteiger partial charge in [-0.1, -0.05) is 133 Å². The fourth-order valence-electron chi connectivity index (χ4n) is 7.81. The monoisotopic (exact) mass is 886 g/mol. The minimum absolute atomic E-state index is 0. The number of ether oxygens (including phenoxy) is 1. The second-order valence-corrected chi connectivity index (χ2v) is 18.2. The molecule has 56 heavy (non-hydrogen) atoms. The number of thioether (sulfide) groups is 1. The van der Waals surface area contributed by atoms with Crippen molar-refractivity contribution >= 4 is 58.4 Å². The normalized spacial score (nSPS) is 16.3. The highest BCUT2D eigenvalue weighted by Crippen LogP contribution is 2.58. The van der Waals surface area contributed by atoms with Crippen LogP contribution in [0.25, 0.3) is 0 Å². The number of benzene rings is 6. The molecule has 2 aliphatic rings. The number of hydrogen-bond acceptors (Lipinski definition) is 5. The lowest BCUT2D eigenvalue weighted by Gasteiger charge is -2.53. The van der Waals surface area contributed by atoms with E-state index in [2.05, 4.69) is 72.8 Å². The van der Waals surface area contributed by atoms with Crippen LogP contribution in [0.2, 0.25) is 0 Å².